The van der Waals surface area contributed by atoms with Crippen LogP contribution in [-0.4, -0.2) is 21.2 Å². The number of hydrogen-bond donors (Lipinski definition) is 0. The number of hydrogen-bond acceptors (Lipinski definition) is 6. The molecule has 34 heavy (non-hydrogen) atoms. The van der Waals surface area contributed by atoms with Gasteiger partial charge in [-0.1, -0.05) is 42.7 Å². The quantitative estimate of drug-likeness (QED) is 0.255. The van der Waals surface area contributed by atoms with Gasteiger partial charge in [-0.05, 0) is 67.1 Å². The van der Waals surface area contributed by atoms with Gasteiger partial charge in [0, 0.05) is 22.2 Å². The molecule has 6 nitrogen and oxygen atoms in total. The first-order valence-corrected chi connectivity index (χ1v) is 12.3. The third kappa shape index (κ3) is 4.76. The minimum absolute atomic E-state index is 0.223. The van der Waals surface area contributed by atoms with Gasteiger partial charge in [0.15, 0.2) is 5.82 Å². The Morgan fingerprint density at radius 1 is 1.03 bits per heavy atom. The van der Waals surface area contributed by atoms with E-state index in [0.717, 1.165) is 29.7 Å². The second kappa shape index (κ2) is 9.83. The lowest BCUT2D eigenvalue weighted by Crippen LogP contribution is -2.23. The zero-order chi connectivity index (χ0) is 23.5. The van der Waals surface area contributed by atoms with Crippen molar-refractivity contribution in [1.82, 2.24) is 14.6 Å². The molecule has 0 N–H and O–H groups in total. The SMILES string of the molecule is CCCCCOc1ccc(-c2nc3s/c(=C/c4ccc(-c5ccc(Cl)cc5)o4)c(=O)n3n2)cc1. The van der Waals surface area contributed by atoms with Gasteiger partial charge in [0.1, 0.15) is 21.8 Å². The normalized spacial score (nSPS) is 12.0. The molecule has 0 saturated carbocycles. The first kappa shape index (κ1) is 22.4. The van der Waals surface area contributed by atoms with Gasteiger partial charge in [0.05, 0.1) is 6.61 Å². The van der Waals surface area contributed by atoms with Crippen molar-refractivity contribution in [2.75, 3.05) is 6.61 Å². The average Bonchev–Trinajstić information content (AvgIpc) is 3.55. The number of unbranched alkanes of at least 4 members (excludes halogenated alkanes) is 2. The van der Waals surface area contributed by atoms with E-state index >= 15 is 0 Å². The van der Waals surface area contributed by atoms with Crippen LogP contribution in [0.25, 0.3) is 33.7 Å². The van der Waals surface area contributed by atoms with Crippen molar-refractivity contribution in [1.29, 1.82) is 0 Å². The molecule has 0 unspecified atom stereocenters. The van der Waals surface area contributed by atoms with Crippen LogP contribution in [0.4, 0.5) is 0 Å². The summed E-state index contributed by atoms with van der Waals surface area (Å²) in [7, 11) is 0. The molecule has 0 aliphatic rings. The van der Waals surface area contributed by atoms with Gasteiger partial charge < -0.3 is 9.15 Å². The summed E-state index contributed by atoms with van der Waals surface area (Å²) >= 11 is 7.23. The number of ether oxygens (including phenoxy) is 1. The monoisotopic (exact) mass is 491 g/mol. The van der Waals surface area contributed by atoms with Crippen molar-refractivity contribution in [3.63, 3.8) is 0 Å². The predicted octanol–water partition coefficient (Wildman–Crippen LogP) is 5.85. The van der Waals surface area contributed by atoms with E-state index in [4.69, 9.17) is 20.8 Å². The van der Waals surface area contributed by atoms with Crippen LogP contribution in [0.3, 0.4) is 0 Å². The van der Waals surface area contributed by atoms with Crippen LogP contribution in [0.1, 0.15) is 31.9 Å². The molecule has 0 aliphatic heterocycles. The Hall–Kier alpha value is -3.42. The predicted molar refractivity (Wildman–Crippen MR) is 136 cm³/mol. The Kier molecular flexibility index (Phi) is 6.47. The molecule has 0 spiro atoms. The lowest BCUT2D eigenvalue weighted by molar-refractivity contribution is 0.306. The summed E-state index contributed by atoms with van der Waals surface area (Å²) in [6.07, 6.45) is 5.09. The number of furan rings is 1. The molecule has 0 aliphatic carbocycles. The third-order valence-corrected chi connectivity index (χ3v) is 6.55. The number of benzene rings is 2. The molecule has 0 atom stereocenters. The summed E-state index contributed by atoms with van der Waals surface area (Å²) in [5.74, 6) is 2.62. The standard InChI is InChI=1S/C26H22ClN3O3S/c1-2-3-4-15-32-20-11-7-18(8-12-20)24-28-26-30(29-24)25(31)23(34-26)16-21-13-14-22(33-21)17-5-9-19(27)10-6-17/h5-14,16H,2-4,15H2,1H3/b23-16+. The average molecular weight is 492 g/mol. The smallest absolute Gasteiger partial charge is 0.291 e. The van der Waals surface area contributed by atoms with Gasteiger partial charge in [-0.25, -0.2) is 0 Å². The van der Waals surface area contributed by atoms with E-state index < -0.39 is 0 Å². The first-order valence-electron chi connectivity index (χ1n) is 11.1. The van der Waals surface area contributed by atoms with Gasteiger partial charge in [0.25, 0.3) is 5.56 Å². The van der Waals surface area contributed by atoms with E-state index in [1.807, 2.05) is 60.7 Å². The third-order valence-electron chi connectivity index (χ3n) is 5.34. The molecular formula is C26H22ClN3O3S. The fourth-order valence-electron chi connectivity index (χ4n) is 3.53. The summed E-state index contributed by atoms with van der Waals surface area (Å²) < 4.78 is 13.5. The van der Waals surface area contributed by atoms with Crippen LogP contribution in [-0.2, 0) is 0 Å². The number of halogens is 1. The Bertz CT molecular complexity index is 1520. The molecule has 172 valence electrons. The molecule has 2 aromatic carbocycles. The number of aromatic nitrogens is 3. The summed E-state index contributed by atoms with van der Waals surface area (Å²) in [5, 5.41) is 5.09. The molecule has 8 heteroatoms. The highest BCUT2D eigenvalue weighted by Gasteiger charge is 2.13. The van der Waals surface area contributed by atoms with E-state index in [1.54, 1.807) is 6.08 Å². The van der Waals surface area contributed by atoms with Gasteiger partial charge in [-0.3, -0.25) is 4.79 Å². The molecule has 5 aromatic rings. The zero-order valence-electron chi connectivity index (χ0n) is 18.5. The molecule has 3 aromatic heterocycles. The largest absolute Gasteiger partial charge is 0.494 e. The number of rotatable bonds is 8. The van der Waals surface area contributed by atoms with Crippen molar-refractivity contribution in [2.45, 2.75) is 26.2 Å². The Morgan fingerprint density at radius 2 is 1.79 bits per heavy atom. The second-order valence-corrected chi connectivity index (χ2v) is 9.28. The highest BCUT2D eigenvalue weighted by molar-refractivity contribution is 7.15. The fourth-order valence-corrected chi connectivity index (χ4v) is 4.54. The van der Waals surface area contributed by atoms with Crippen molar-refractivity contribution < 1.29 is 9.15 Å². The van der Waals surface area contributed by atoms with Gasteiger partial charge in [-0.2, -0.15) is 9.50 Å². The second-order valence-electron chi connectivity index (χ2n) is 7.83. The molecule has 0 bridgehead atoms. The van der Waals surface area contributed by atoms with E-state index in [0.29, 0.717) is 38.5 Å². The Morgan fingerprint density at radius 3 is 2.53 bits per heavy atom. The summed E-state index contributed by atoms with van der Waals surface area (Å²) in [6, 6.07) is 18.7. The number of thiazole rings is 1. The van der Waals surface area contributed by atoms with Crippen molar-refractivity contribution in [3.05, 3.63) is 86.3 Å². The molecular weight excluding hydrogens is 470 g/mol. The van der Waals surface area contributed by atoms with E-state index in [-0.39, 0.29) is 5.56 Å². The topological polar surface area (TPSA) is 69.6 Å². The first-order chi connectivity index (χ1) is 16.6. The highest BCUT2D eigenvalue weighted by atomic mass is 35.5. The van der Waals surface area contributed by atoms with Crippen molar-refractivity contribution in [3.8, 4) is 28.5 Å². The number of nitrogens with zero attached hydrogens (tertiary/aromatic N) is 3. The van der Waals surface area contributed by atoms with Gasteiger partial charge in [0.2, 0.25) is 4.96 Å². The number of fused-ring (bicyclic) bond motifs is 1. The van der Waals surface area contributed by atoms with Crippen LogP contribution >= 0.6 is 22.9 Å². The summed E-state index contributed by atoms with van der Waals surface area (Å²) in [4.78, 5) is 18.0. The van der Waals surface area contributed by atoms with Gasteiger partial charge >= 0.3 is 0 Å². The molecule has 5 rings (SSSR count). The highest BCUT2D eigenvalue weighted by Crippen LogP contribution is 2.24. The maximum absolute atomic E-state index is 12.9. The fraction of sp³-hybridized carbons (Fsp3) is 0.192. The van der Waals surface area contributed by atoms with Crippen LogP contribution in [0.2, 0.25) is 5.02 Å². The lowest BCUT2D eigenvalue weighted by atomic mass is 10.2. The van der Waals surface area contributed by atoms with Gasteiger partial charge in [-0.15, -0.1) is 5.10 Å². The van der Waals surface area contributed by atoms with Crippen LogP contribution < -0.4 is 14.8 Å². The molecule has 0 saturated heterocycles. The molecule has 0 fully saturated rings. The summed E-state index contributed by atoms with van der Waals surface area (Å²) in [5.41, 5.74) is 1.52. The Balaban J connectivity index is 1.35. The molecule has 0 amide bonds. The maximum atomic E-state index is 12.9. The van der Waals surface area contributed by atoms with E-state index in [2.05, 4.69) is 17.0 Å². The van der Waals surface area contributed by atoms with Crippen LogP contribution in [0.5, 0.6) is 5.75 Å². The molecule has 0 radical (unpaired) electrons. The van der Waals surface area contributed by atoms with Crippen LogP contribution in [0.15, 0.2) is 69.9 Å². The van der Waals surface area contributed by atoms with Crippen molar-refractivity contribution >= 4 is 34.0 Å². The Labute approximate surface area is 205 Å². The van der Waals surface area contributed by atoms with Crippen LogP contribution in [0, 0.1) is 0 Å². The lowest BCUT2D eigenvalue weighted by Gasteiger charge is -2.05. The molecule has 3 heterocycles. The van der Waals surface area contributed by atoms with E-state index in [1.165, 1.54) is 22.3 Å². The van der Waals surface area contributed by atoms with E-state index in [9.17, 15) is 4.79 Å². The maximum Gasteiger partial charge on any atom is 0.291 e. The minimum atomic E-state index is -0.223. The zero-order valence-corrected chi connectivity index (χ0v) is 20.1. The van der Waals surface area contributed by atoms with Crippen molar-refractivity contribution in [2.24, 2.45) is 0 Å². The summed E-state index contributed by atoms with van der Waals surface area (Å²) in [6.45, 7) is 2.88. The minimum Gasteiger partial charge on any atom is -0.494 e.